The number of fused-ring (bicyclic) bond motifs is 1. The summed E-state index contributed by atoms with van der Waals surface area (Å²) in [5, 5.41) is 4.56. The van der Waals surface area contributed by atoms with Crippen LogP contribution in [0.2, 0.25) is 0 Å². The number of halogens is 2. The Kier molecular flexibility index (Phi) is 2.26. The highest BCUT2D eigenvalue weighted by Crippen LogP contribution is 2.31. The van der Waals surface area contributed by atoms with Crippen LogP contribution in [-0.2, 0) is 12.5 Å². The number of nitrogens with zero attached hydrogens (tertiary/aromatic N) is 2. The van der Waals surface area contributed by atoms with Gasteiger partial charge in [-0.25, -0.2) is 8.78 Å². The third-order valence-electron chi connectivity index (χ3n) is 2.62. The van der Waals surface area contributed by atoms with E-state index in [0.29, 0.717) is 11.2 Å². The first-order valence-electron chi connectivity index (χ1n) is 5.13. The van der Waals surface area contributed by atoms with Gasteiger partial charge in [0.25, 0.3) is 0 Å². The van der Waals surface area contributed by atoms with Crippen LogP contribution in [-0.4, -0.2) is 9.78 Å². The van der Waals surface area contributed by atoms with Gasteiger partial charge < -0.3 is 0 Å². The number of hydrogen-bond acceptors (Lipinski definition) is 1. The van der Waals surface area contributed by atoms with Crippen molar-refractivity contribution in [1.82, 2.24) is 9.78 Å². The van der Waals surface area contributed by atoms with Gasteiger partial charge in [0.1, 0.15) is 0 Å². The zero-order valence-corrected chi connectivity index (χ0v) is 9.81. The summed E-state index contributed by atoms with van der Waals surface area (Å²) in [6.45, 7) is 5.79. The highest BCUT2D eigenvalue weighted by atomic mass is 19.2. The number of hydrogen-bond donors (Lipinski definition) is 0. The van der Waals surface area contributed by atoms with Gasteiger partial charge in [0.15, 0.2) is 11.6 Å². The van der Waals surface area contributed by atoms with E-state index in [0.717, 1.165) is 6.07 Å². The number of rotatable bonds is 0. The van der Waals surface area contributed by atoms with Crippen LogP contribution in [0.5, 0.6) is 0 Å². The van der Waals surface area contributed by atoms with Crippen molar-refractivity contribution in [1.29, 1.82) is 0 Å². The lowest BCUT2D eigenvalue weighted by atomic mass is 9.90. The van der Waals surface area contributed by atoms with Crippen LogP contribution in [0.3, 0.4) is 0 Å². The van der Waals surface area contributed by atoms with Crippen LogP contribution in [0.1, 0.15) is 26.5 Å². The molecule has 0 bridgehead atoms. The standard InChI is InChI=1S/C12H14F2N2/c1-12(2,3)11-9-8(16(4)15-11)6-5-7(13)10(9)14/h5-6H,1-4H3. The fourth-order valence-electron chi connectivity index (χ4n) is 1.81. The SMILES string of the molecule is Cn1nc(C(C)(C)C)c2c(F)c(F)ccc21. The van der Waals surface area contributed by atoms with Crippen molar-refractivity contribution in [2.75, 3.05) is 0 Å². The van der Waals surface area contributed by atoms with Crippen molar-refractivity contribution in [3.63, 3.8) is 0 Å². The van der Waals surface area contributed by atoms with Crippen LogP contribution in [0.15, 0.2) is 12.1 Å². The summed E-state index contributed by atoms with van der Waals surface area (Å²) in [6, 6.07) is 2.68. The zero-order valence-electron chi connectivity index (χ0n) is 9.81. The van der Waals surface area contributed by atoms with E-state index in [1.165, 1.54) is 0 Å². The Balaban J connectivity index is 2.92. The highest BCUT2D eigenvalue weighted by Gasteiger charge is 2.25. The first kappa shape index (κ1) is 11.0. The molecule has 1 aromatic carbocycles. The lowest BCUT2D eigenvalue weighted by Gasteiger charge is -2.15. The molecule has 0 fully saturated rings. The first-order chi connectivity index (χ1) is 7.32. The van der Waals surface area contributed by atoms with Gasteiger partial charge in [-0.3, -0.25) is 4.68 Å². The van der Waals surface area contributed by atoms with Crippen LogP contribution < -0.4 is 0 Å². The van der Waals surface area contributed by atoms with Crippen LogP contribution in [0.4, 0.5) is 8.78 Å². The van der Waals surface area contributed by atoms with Crippen molar-refractivity contribution in [3.8, 4) is 0 Å². The minimum Gasteiger partial charge on any atom is -0.268 e. The summed E-state index contributed by atoms with van der Waals surface area (Å²) in [7, 11) is 1.73. The molecule has 0 amide bonds. The van der Waals surface area contributed by atoms with Crippen LogP contribution in [0.25, 0.3) is 10.9 Å². The lowest BCUT2D eigenvalue weighted by molar-refractivity contribution is 0.512. The second-order valence-electron chi connectivity index (χ2n) is 4.98. The molecule has 2 aromatic rings. The summed E-state index contributed by atoms with van der Waals surface area (Å²) in [5.74, 6) is -1.64. The van der Waals surface area contributed by atoms with Gasteiger partial charge in [0.05, 0.1) is 16.6 Å². The van der Waals surface area contributed by atoms with E-state index < -0.39 is 11.6 Å². The largest absolute Gasteiger partial charge is 0.268 e. The molecule has 0 aliphatic carbocycles. The predicted octanol–water partition coefficient (Wildman–Crippen LogP) is 3.15. The molecular weight excluding hydrogens is 210 g/mol. The van der Waals surface area contributed by atoms with Crippen LogP contribution >= 0.6 is 0 Å². The lowest BCUT2D eigenvalue weighted by Crippen LogP contribution is -2.13. The zero-order chi connectivity index (χ0) is 12.1. The van der Waals surface area contributed by atoms with Crippen molar-refractivity contribution < 1.29 is 8.78 Å². The normalized spacial score (nSPS) is 12.4. The summed E-state index contributed by atoms with van der Waals surface area (Å²) in [5.41, 5.74) is 0.888. The smallest absolute Gasteiger partial charge is 0.170 e. The quantitative estimate of drug-likeness (QED) is 0.672. The Morgan fingerprint density at radius 1 is 1.19 bits per heavy atom. The molecule has 4 heteroatoms. The average Bonchev–Trinajstić information content (AvgIpc) is 2.50. The minimum atomic E-state index is -0.828. The molecule has 2 nitrogen and oxygen atoms in total. The van der Waals surface area contributed by atoms with Crippen LogP contribution in [0, 0.1) is 11.6 Å². The summed E-state index contributed by atoms with van der Waals surface area (Å²) in [6.07, 6.45) is 0. The molecule has 1 heterocycles. The van der Waals surface area contributed by atoms with E-state index in [4.69, 9.17) is 0 Å². The molecule has 0 spiro atoms. The Labute approximate surface area is 92.9 Å². The maximum absolute atomic E-state index is 13.8. The fourth-order valence-corrected chi connectivity index (χ4v) is 1.81. The molecule has 2 rings (SSSR count). The molecule has 86 valence electrons. The van der Waals surface area contributed by atoms with Gasteiger partial charge in [-0.05, 0) is 12.1 Å². The van der Waals surface area contributed by atoms with E-state index in [1.54, 1.807) is 17.8 Å². The van der Waals surface area contributed by atoms with Crippen molar-refractivity contribution >= 4 is 10.9 Å². The molecule has 0 saturated carbocycles. The monoisotopic (exact) mass is 224 g/mol. The molecule has 16 heavy (non-hydrogen) atoms. The Bertz CT molecular complexity index is 550. The van der Waals surface area contributed by atoms with Gasteiger partial charge in [-0.2, -0.15) is 5.10 Å². The summed E-state index contributed by atoms with van der Waals surface area (Å²) >= 11 is 0. The van der Waals surface area contributed by atoms with Gasteiger partial charge in [-0.1, -0.05) is 20.8 Å². The fraction of sp³-hybridized carbons (Fsp3) is 0.417. The van der Waals surface area contributed by atoms with E-state index in [2.05, 4.69) is 5.10 Å². The van der Waals surface area contributed by atoms with Gasteiger partial charge in [-0.15, -0.1) is 0 Å². The van der Waals surface area contributed by atoms with E-state index in [1.807, 2.05) is 20.8 Å². The van der Waals surface area contributed by atoms with Crippen molar-refractivity contribution in [2.45, 2.75) is 26.2 Å². The average molecular weight is 224 g/mol. The van der Waals surface area contributed by atoms with Crippen molar-refractivity contribution in [3.05, 3.63) is 29.5 Å². The number of aryl methyl sites for hydroxylation is 1. The summed E-state index contributed by atoms with van der Waals surface area (Å²) < 4.78 is 28.6. The Morgan fingerprint density at radius 3 is 2.38 bits per heavy atom. The third kappa shape index (κ3) is 1.49. The minimum absolute atomic E-state index is 0.287. The van der Waals surface area contributed by atoms with E-state index >= 15 is 0 Å². The maximum atomic E-state index is 13.8. The molecular formula is C12H14F2N2. The van der Waals surface area contributed by atoms with Gasteiger partial charge in [0.2, 0.25) is 0 Å². The highest BCUT2D eigenvalue weighted by molar-refractivity contribution is 5.83. The maximum Gasteiger partial charge on any atom is 0.170 e. The molecule has 0 aliphatic rings. The van der Waals surface area contributed by atoms with E-state index in [9.17, 15) is 8.78 Å². The molecule has 0 radical (unpaired) electrons. The first-order valence-corrected chi connectivity index (χ1v) is 5.13. The summed E-state index contributed by atoms with van der Waals surface area (Å²) in [4.78, 5) is 0. The van der Waals surface area contributed by atoms with Gasteiger partial charge in [0, 0.05) is 12.5 Å². The Morgan fingerprint density at radius 2 is 1.81 bits per heavy atom. The Hall–Kier alpha value is -1.45. The molecule has 0 unspecified atom stereocenters. The topological polar surface area (TPSA) is 17.8 Å². The predicted molar refractivity (Wildman–Crippen MR) is 59.3 cm³/mol. The van der Waals surface area contributed by atoms with Crippen molar-refractivity contribution in [2.24, 2.45) is 7.05 Å². The second-order valence-corrected chi connectivity index (χ2v) is 4.98. The number of benzene rings is 1. The van der Waals surface area contributed by atoms with E-state index in [-0.39, 0.29) is 10.8 Å². The number of aromatic nitrogens is 2. The molecule has 0 aliphatic heterocycles. The third-order valence-corrected chi connectivity index (χ3v) is 2.62. The molecule has 0 atom stereocenters. The second kappa shape index (κ2) is 3.27. The van der Waals surface area contributed by atoms with Gasteiger partial charge >= 0.3 is 0 Å². The molecule has 0 saturated heterocycles. The molecule has 0 N–H and O–H groups in total. The molecule has 1 aromatic heterocycles.